The van der Waals surface area contributed by atoms with Gasteiger partial charge in [0, 0.05) is 13.1 Å². The van der Waals surface area contributed by atoms with Crippen molar-refractivity contribution in [3.63, 3.8) is 0 Å². The molecular weight excluding hydrogens is 274 g/mol. The van der Waals surface area contributed by atoms with E-state index < -0.39 is 0 Å². The molecule has 1 heterocycles. The van der Waals surface area contributed by atoms with Crippen LogP contribution in [-0.4, -0.2) is 28.9 Å². The number of halogens is 1. The minimum Gasteiger partial charge on any atom is -0.384 e. The summed E-state index contributed by atoms with van der Waals surface area (Å²) in [6.07, 6.45) is 5.90. The van der Waals surface area contributed by atoms with E-state index in [1.165, 1.54) is 19.3 Å². The van der Waals surface area contributed by atoms with Crippen molar-refractivity contribution >= 4 is 24.1 Å². The van der Waals surface area contributed by atoms with Gasteiger partial charge in [-0.25, -0.2) is 4.98 Å². The number of hydrogen-bond acceptors (Lipinski definition) is 3. The van der Waals surface area contributed by atoms with Gasteiger partial charge in [0.05, 0.1) is 0 Å². The highest BCUT2D eigenvalue weighted by atomic mass is 35.5. The van der Waals surface area contributed by atoms with Gasteiger partial charge in [-0.1, -0.05) is 19.4 Å². The van der Waals surface area contributed by atoms with Crippen molar-refractivity contribution in [3.8, 4) is 0 Å². The van der Waals surface area contributed by atoms with Crippen LogP contribution in [0.3, 0.4) is 0 Å². The Labute approximate surface area is 127 Å². The molecule has 2 rings (SSSR count). The number of amides is 1. The average Bonchev–Trinajstić information content (AvgIpc) is 2.46. The van der Waals surface area contributed by atoms with Crippen LogP contribution in [0.2, 0.25) is 0 Å². The van der Waals surface area contributed by atoms with Crippen molar-refractivity contribution in [1.29, 1.82) is 0 Å². The molecule has 4 nitrogen and oxygen atoms in total. The molecule has 20 heavy (non-hydrogen) atoms. The number of carbonyl (C=O) groups excluding carboxylic acids is 1. The number of carbonyl (C=O) groups is 1. The number of nitrogens with two attached hydrogens (primary N) is 1. The van der Waals surface area contributed by atoms with E-state index in [4.69, 9.17) is 5.73 Å². The minimum absolute atomic E-state index is 0. The maximum Gasteiger partial charge on any atom is 0.272 e. The van der Waals surface area contributed by atoms with E-state index in [1.54, 1.807) is 18.2 Å². The van der Waals surface area contributed by atoms with Crippen molar-refractivity contribution in [2.45, 2.75) is 45.1 Å². The monoisotopic (exact) mass is 297 g/mol. The zero-order valence-electron chi connectivity index (χ0n) is 12.2. The van der Waals surface area contributed by atoms with Crippen LogP contribution in [0.25, 0.3) is 0 Å². The van der Waals surface area contributed by atoms with Crippen LogP contribution in [0.5, 0.6) is 0 Å². The van der Waals surface area contributed by atoms with E-state index in [-0.39, 0.29) is 18.3 Å². The number of nitrogen functional groups attached to an aromatic ring is 1. The van der Waals surface area contributed by atoms with Crippen molar-refractivity contribution in [3.05, 3.63) is 23.9 Å². The molecule has 0 aliphatic heterocycles. The molecule has 1 saturated carbocycles. The molecule has 0 radical (unpaired) electrons. The lowest BCUT2D eigenvalue weighted by atomic mass is 9.84. The van der Waals surface area contributed by atoms with Gasteiger partial charge in [0.25, 0.3) is 5.91 Å². The molecular formula is C15H24ClN3O. The van der Waals surface area contributed by atoms with E-state index in [1.807, 2.05) is 11.9 Å². The molecule has 1 aliphatic carbocycles. The van der Waals surface area contributed by atoms with Crippen LogP contribution in [0.4, 0.5) is 5.82 Å². The lowest BCUT2D eigenvalue weighted by molar-refractivity contribution is 0.0669. The van der Waals surface area contributed by atoms with E-state index >= 15 is 0 Å². The topological polar surface area (TPSA) is 59.2 Å². The standard InChI is InChI=1S/C15H23N3O.ClH/c1-3-11-7-9-12(10-8-11)18(2)15(19)13-5-4-6-14(16)17-13;/h4-6,11-12H,3,7-10H2,1-2H3,(H2,16,17);1H. The van der Waals surface area contributed by atoms with E-state index in [2.05, 4.69) is 11.9 Å². The fourth-order valence-electron chi connectivity index (χ4n) is 2.86. The lowest BCUT2D eigenvalue weighted by Crippen LogP contribution is -2.39. The fourth-order valence-corrected chi connectivity index (χ4v) is 2.86. The van der Waals surface area contributed by atoms with E-state index in [9.17, 15) is 4.79 Å². The molecule has 0 unspecified atom stereocenters. The van der Waals surface area contributed by atoms with E-state index in [0.29, 0.717) is 17.6 Å². The van der Waals surface area contributed by atoms with Gasteiger partial charge >= 0.3 is 0 Å². The van der Waals surface area contributed by atoms with E-state index in [0.717, 1.165) is 18.8 Å². The number of hydrogen-bond donors (Lipinski definition) is 1. The van der Waals surface area contributed by atoms with Gasteiger partial charge in [-0.3, -0.25) is 4.79 Å². The number of pyridine rings is 1. The first-order valence-electron chi connectivity index (χ1n) is 7.11. The lowest BCUT2D eigenvalue weighted by Gasteiger charge is -2.34. The molecule has 1 amide bonds. The SMILES string of the molecule is CCC1CCC(N(C)C(=O)c2cccc(N)n2)CC1.Cl. The van der Waals surface area contributed by atoms with Crippen LogP contribution >= 0.6 is 12.4 Å². The largest absolute Gasteiger partial charge is 0.384 e. The number of rotatable bonds is 3. The van der Waals surface area contributed by atoms with Gasteiger partial charge < -0.3 is 10.6 Å². The summed E-state index contributed by atoms with van der Waals surface area (Å²) in [5, 5.41) is 0. The third-order valence-electron chi connectivity index (χ3n) is 4.25. The first kappa shape index (κ1) is 16.8. The predicted molar refractivity (Wildman–Crippen MR) is 84.0 cm³/mol. The summed E-state index contributed by atoms with van der Waals surface area (Å²) in [6, 6.07) is 5.55. The predicted octanol–water partition coefficient (Wildman–Crippen LogP) is 3.13. The smallest absolute Gasteiger partial charge is 0.272 e. The third kappa shape index (κ3) is 3.85. The third-order valence-corrected chi connectivity index (χ3v) is 4.25. The van der Waals surface area contributed by atoms with Crippen LogP contribution in [0, 0.1) is 5.92 Å². The zero-order chi connectivity index (χ0) is 13.8. The Kier molecular flexibility index (Phi) is 6.27. The summed E-state index contributed by atoms with van der Waals surface area (Å²) in [4.78, 5) is 18.3. The van der Waals surface area contributed by atoms with Crippen molar-refractivity contribution < 1.29 is 4.79 Å². The Hall–Kier alpha value is -1.29. The average molecular weight is 298 g/mol. The summed E-state index contributed by atoms with van der Waals surface area (Å²) in [7, 11) is 1.88. The first-order chi connectivity index (χ1) is 9.11. The maximum absolute atomic E-state index is 12.4. The molecule has 2 N–H and O–H groups in total. The van der Waals surface area contributed by atoms with Crippen LogP contribution in [-0.2, 0) is 0 Å². The maximum atomic E-state index is 12.4. The first-order valence-corrected chi connectivity index (χ1v) is 7.11. The molecule has 0 saturated heterocycles. The molecule has 1 aromatic rings. The van der Waals surface area contributed by atoms with Gasteiger partial charge in [-0.2, -0.15) is 0 Å². The number of nitrogens with zero attached hydrogens (tertiary/aromatic N) is 2. The Morgan fingerprint density at radius 3 is 2.55 bits per heavy atom. The summed E-state index contributed by atoms with van der Waals surface area (Å²) < 4.78 is 0. The molecule has 1 fully saturated rings. The second-order valence-electron chi connectivity index (χ2n) is 5.45. The van der Waals surface area contributed by atoms with Crippen LogP contribution in [0.1, 0.15) is 49.5 Å². The summed E-state index contributed by atoms with van der Waals surface area (Å²) in [5.74, 6) is 1.21. The van der Waals surface area contributed by atoms with Crippen LogP contribution < -0.4 is 5.73 Å². The highest BCUT2D eigenvalue weighted by Crippen LogP contribution is 2.29. The van der Waals surface area contributed by atoms with Crippen LogP contribution in [0.15, 0.2) is 18.2 Å². The number of aromatic nitrogens is 1. The van der Waals surface area contributed by atoms with Crippen molar-refractivity contribution in [1.82, 2.24) is 9.88 Å². The van der Waals surface area contributed by atoms with Gasteiger partial charge in [0.1, 0.15) is 11.5 Å². The highest BCUT2D eigenvalue weighted by molar-refractivity contribution is 5.92. The fraction of sp³-hybridized carbons (Fsp3) is 0.600. The Morgan fingerprint density at radius 2 is 2.00 bits per heavy atom. The molecule has 0 aromatic carbocycles. The summed E-state index contributed by atoms with van der Waals surface area (Å²) in [6.45, 7) is 2.25. The molecule has 1 aliphatic rings. The molecule has 0 spiro atoms. The quantitative estimate of drug-likeness (QED) is 0.932. The van der Waals surface area contributed by atoms with Gasteiger partial charge in [-0.15, -0.1) is 12.4 Å². The zero-order valence-corrected chi connectivity index (χ0v) is 13.0. The van der Waals surface area contributed by atoms with Crippen molar-refractivity contribution in [2.24, 2.45) is 5.92 Å². The Morgan fingerprint density at radius 1 is 1.35 bits per heavy atom. The summed E-state index contributed by atoms with van der Waals surface area (Å²) in [5.41, 5.74) is 6.07. The minimum atomic E-state index is -0.0211. The summed E-state index contributed by atoms with van der Waals surface area (Å²) >= 11 is 0. The van der Waals surface area contributed by atoms with Gasteiger partial charge in [0.2, 0.25) is 0 Å². The Balaban J connectivity index is 0.00000200. The molecule has 0 atom stereocenters. The normalized spacial score (nSPS) is 21.9. The molecule has 112 valence electrons. The second kappa shape index (κ2) is 7.48. The van der Waals surface area contributed by atoms with Crippen molar-refractivity contribution in [2.75, 3.05) is 12.8 Å². The molecule has 0 bridgehead atoms. The second-order valence-corrected chi connectivity index (χ2v) is 5.45. The van der Waals surface area contributed by atoms with Gasteiger partial charge in [-0.05, 0) is 43.7 Å². The Bertz CT molecular complexity index is 444. The number of anilines is 1. The van der Waals surface area contributed by atoms with Gasteiger partial charge in [0.15, 0.2) is 0 Å². The molecule has 5 heteroatoms. The highest BCUT2D eigenvalue weighted by Gasteiger charge is 2.26. The molecule has 1 aromatic heterocycles.